The summed E-state index contributed by atoms with van der Waals surface area (Å²) < 4.78 is 1.06. The summed E-state index contributed by atoms with van der Waals surface area (Å²) in [5, 5.41) is 9.42. The summed E-state index contributed by atoms with van der Waals surface area (Å²) in [6.07, 6.45) is 1.12. The van der Waals surface area contributed by atoms with E-state index >= 15 is 0 Å². The molecule has 0 aliphatic carbocycles. The van der Waals surface area contributed by atoms with Crippen LogP contribution in [-0.4, -0.2) is 43.7 Å². The van der Waals surface area contributed by atoms with Gasteiger partial charge in [0.1, 0.15) is 0 Å². The van der Waals surface area contributed by atoms with Crippen molar-refractivity contribution in [2.75, 3.05) is 38.6 Å². The third-order valence-corrected chi connectivity index (χ3v) is 3.47. The number of benzene rings is 1. The topological polar surface area (TPSA) is 26.7 Å². The van der Waals surface area contributed by atoms with Crippen molar-refractivity contribution >= 4 is 21.6 Å². The summed E-state index contributed by atoms with van der Waals surface area (Å²) in [6.45, 7) is 5.29. The van der Waals surface area contributed by atoms with E-state index < -0.39 is 0 Å². The van der Waals surface area contributed by atoms with Gasteiger partial charge in [0.2, 0.25) is 0 Å². The van der Waals surface area contributed by atoms with E-state index in [1.54, 1.807) is 0 Å². The van der Waals surface area contributed by atoms with Gasteiger partial charge >= 0.3 is 0 Å². The lowest BCUT2D eigenvalue weighted by Gasteiger charge is -2.26. The molecule has 0 heterocycles. The highest BCUT2D eigenvalue weighted by atomic mass is 79.9. The minimum absolute atomic E-state index is 0.0901. The Kier molecular flexibility index (Phi) is 6.68. The standard InChI is InChI=1S/C14H23BrN2O/c1-4-17(9-5-8-16(2)3)14-10-13(15)7-6-12(14)11-18/h6-7,10,18H,4-5,8-9,11H2,1-3H3. The van der Waals surface area contributed by atoms with Crippen LogP contribution in [0, 0.1) is 0 Å². The summed E-state index contributed by atoms with van der Waals surface area (Å²) >= 11 is 3.50. The Balaban J connectivity index is 2.77. The molecule has 4 heteroatoms. The molecular formula is C14H23BrN2O. The van der Waals surface area contributed by atoms with Gasteiger partial charge in [0.05, 0.1) is 6.61 Å². The van der Waals surface area contributed by atoms with E-state index in [9.17, 15) is 5.11 Å². The second-order valence-electron chi connectivity index (χ2n) is 4.67. The fraction of sp³-hybridized carbons (Fsp3) is 0.571. The molecule has 0 aromatic heterocycles. The van der Waals surface area contributed by atoms with Crippen LogP contribution in [0.3, 0.4) is 0 Å². The lowest BCUT2D eigenvalue weighted by Crippen LogP contribution is -2.27. The molecule has 1 aromatic rings. The quantitative estimate of drug-likeness (QED) is 0.838. The Morgan fingerprint density at radius 2 is 1.94 bits per heavy atom. The maximum absolute atomic E-state index is 9.42. The molecule has 0 aliphatic rings. The Hall–Kier alpha value is -0.580. The van der Waals surface area contributed by atoms with E-state index in [-0.39, 0.29) is 6.61 Å². The smallest absolute Gasteiger partial charge is 0.0702 e. The highest BCUT2D eigenvalue weighted by Crippen LogP contribution is 2.25. The number of hydrogen-bond acceptors (Lipinski definition) is 3. The van der Waals surface area contributed by atoms with Crippen LogP contribution >= 0.6 is 15.9 Å². The van der Waals surface area contributed by atoms with Crippen LogP contribution in [0.1, 0.15) is 18.9 Å². The van der Waals surface area contributed by atoms with Gasteiger partial charge in [0, 0.05) is 28.8 Å². The molecule has 0 unspecified atom stereocenters. The third-order valence-electron chi connectivity index (χ3n) is 2.97. The lowest BCUT2D eigenvalue weighted by molar-refractivity contribution is 0.282. The molecule has 0 fully saturated rings. The molecule has 0 bridgehead atoms. The fourth-order valence-electron chi connectivity index (χ4n) is 1.99. The van der Waals surface area contributed by atoms with Crippen molar-refractivity contribution in [2.24, 2.45) is 0 Å². The molecule has 0 spiro atoms. The van der Waals surface area contributed by atoms with Gasteiger partial charge in [-0.2, -0.15) is 0 Å². The number of hydrogen-bond donors (Lipinski definition) is 1. The minimum Gasteiger partial charge on any atom is -0.392 e. The lowest BCUT2D eigenvalue weighted by atomic mass is 10.1. The Bertz CT molecular complexity index is 369. The van der Waals surface area contributed by atoms with E-state index in [1.807, 2.05) is 12.1 Å². The van der Waals surface area contributed by atoms with Crippen LogP contribution in [0.25, 0.3) is 0 Å². The third kappa shape index (κ3) is 4.59. The number of anilines is 1. The summed E-state index contributed by atoms with van der Waals surface area (Å²) in [6, 6.07) is 6.04. The average Bonchev–Trinajstić information content (AvgIpc) is 2.34. The van der Waals surface area contributed by atoms with E-state index in [0.717, 1.165) is 41.8 Å². The summed E-state index contributed by atoms with van der Waals surface area (Å²) in [5.74, 6) is 0. The molecule has 0 saturated carbocycles. The van der Waals surface area contributed by atoms with Crippen molar-refractivity contribution in [1.82, 2.24) is 4.90 Å². The molecule has 0 aliphatic heterocycles. The minimum atomic E-state index is 0.0901. The maximum Gasteiger partial charge on any atom is 0.0702 e. The first kappa shape index (κ1) is 15.5. The van der Waals surface area contributed by atoms with Crippen molar-refractivity contribution in [2.45, 2.75) is 20.0 Å². The number of aliphatic hydroxyl groups excluding tert-OH is 1. The number of halogens is 1. The van der Waals surface area contributed by atoms with Crippen molar-refractivity contribution < 1.29 is 5.11 Å². The van der Waals surface area contributed by atoms with E-state index in [0.29, 0.717) is 0 Å². The molecule has 1 rings (SSSR count). The number of rotatable bonds is 7. The monoisotopic (exact) mass is 314 g/mol. The van der Waals surface area contributed by atoms with Gasteiger partial charge in [0.25, 0.3) is 0 Å². The average molecular weight is 315 g/mol. The van der Waals surface area contributed by atoms with Crippen molar-refractivity contribution in [3.63, 3.8) is 0 Å². The highest BCUT2D eigenvalue weighted by Gasteiger charge is 2.09. The molecule has 0 saturated heterocycles. The maximum atomic E-state index is 9.42. The van der Waals surface area contributed by atoms with Gasteiger partial charge in [0.15, 0.2) is 0 Å². The SMILES string of the molecule is CCN(CCCN(C)C)c1cc(Br)ccc1CO. The largest absolute Gasteiger partial charge is 0.392 e. The summed E-state index contributed by atoms with van der Waals surface area (Å²) in [5.41, 5.74) is 2.12. The van der Waals surface area contributed by atoms with Crippen LogP contribution in [0.2, 0.25) is 0 Å². The van der Waals surface area contributed by atoms with Gasteiger partial charge in [-0.1, -0.05) is 22.0 Å². The Morgan fingerprint density at radius 3 is 2.50 bits per heavy atom. The first-order chi connectivity index (χ1) is 8.58. The van der Waals surface area contributed by atoms with Crippen LogP contribution in [0.15, 0.2) is 22.7 Å². The van der Waals surface area contributed by atoms with Crippen molar-refractivity contribution in [3.8, 4) is 0 Å². The zero-order valence-corrected chi connectivity index (χ0v) is 13.1. The number of nitrogens with zero attached hydrogens (tertiary/aromatic N) is 2. The van der Waals surface area contributed by atoms with Gasteiger partial charge in [-0.3, -0.25) is 0 Å². The zero-order chi connectivity index (χ0) is 13.5. The Labute approximate surface area is 119 Å². The van der Waals surface area contributed by atoms with Gasteiger partial charge in [-0.05, 0) is 46.1 Å². The summed E-state index contributed by atoms with van der Waals surface area (Å²) in [4.78, 5) is 4.52. The molecule has 1 N–H and O–H groups in total. The molecule has 1 aromatic carbocycles. The van der Waals surface area contributed by atoms with E-state index in [1.165, 1.54) is 0 Å². The van der Waals surface area contributed by atoms with Gasteiger partial charge in [-0.25, -0.2) is 0 Å². The molecule has 0 radical (unpaired) electrons. The van der Waals surface area contributed by atoms with Crippen LogP contribution in [0.5, 0.6) is 0 Å². The molecule has 3 nitrogen and oxygen atoms in total. The molecule has 18 heavy (non-hydrogen) atoms. The van der Waals surface area contributed by atoms with Gasteiger partial charge in [-0.15, -0.1) is 0 Å². The Morgan fingerprint density at radius 1 is 1.22 bits per heavy atom. The van der Waals surface area contributed by atoms with E-state index in [4.69, 9.17) is 0 Å². The van der Waals surface area contributed by atoms with Crippen LogP contribution in [0.4, 0.5) is 5.69 Å². The van der Waals surface area contributed by atoms with Crippen LogP contribution in [-0.2, 0) is 6.61 Å². The number of aliphatic hydroxyl groups is 1. The molecule has 102 valence electrons. The normalized spacial score (nSPS) is 11.0. The van der Waals surface area contributed by atoms with Crippen molar-refractivity contribution in [3.05, 3.63) is 28.2 Å². The first-order valence-electron chi connectivity index (χ1n) is 6.37. The zero-order valence-electron chi connectivity index (χ0n) is 11.5. The second kappa shape index (κ2) is 7.77. The van der Waals surface area contributed by atoms with E-state index in [2.05, 4.69) is 52.8 Å². The second-order valence-corrected chi connectivity index (χ2v) is 5.58. The molecule has 0 atom stereocenters. The van der Waals surface area contributed by atoms with Crippen molar-refractivity contribution in [1.29, 1.82) is 0 Å². The summed E-state index contributed by atoms with van der Waals surface area (Å²) in [7, 11) is 4.18. The highest BCUT2D eigenvalue weighted by molar-refractivity contribution is 9.10. The predicted octanol–water partition coefficient (Wildman–Crippen LogP) is 2.72. The molecular weight excluding hydrogens is 292 g/mol. The predicted molar refractivity (Wildman–Crippen MR) is 81.1 cm³/mol. The van der Waals surface area contributed by atoms with Crippen LogP contribution < -0.4 is 4.90 Å². The van der Waals surface area contributed by atoms with Gasteiger partial charge < -0.3 is 14.9 Å². The molecule has 0 amide bonds. The first-order valence-corrected chi connectivity index (χ1v) is 7.16. The fourth-order valence-corrected chi connectivity index (χ4v) is 2.34.